The molecular weight excluding hydrogens is 210 g/mol. The van der Waals surface area contributed by atoms with E-state index in [-0.39, 0.29) is 6.10 Å². The van der Waals surface area contributed by atoms with Crippen LogP contribution in [0.2, 0.25) is 0 Å². The Morgan fingerprint density at radius 2 is 2.24 bits per heavy atom. The van der Waals surface area contributed by atoms with Gasteiger partial charge in [0.25, 0.3) is 0 Å². The second-order valence-corrected chi connectivity index (χ2v) is 4.40. The van der Waals surface area contributed by atoms with Crippen molar-refractivity contribution in [2.75, 3.05) is 6.54 Å². The van der Waals surface area contributed by atoms with E-state index in [0.717, 1.165) is 25.3 Å². The molecule has 0 radical (unpaired) electrons. The Morgan fingerprint density at radius 1 is 1.35 bits per heavy atom. The van der Waals surface area contributed by atoms with Crippen LogP contribution in [0.25, 0.3) is 0 Å². The number of allylic oxidation sites excluding steroid dienone is 1. The minimum atomic E-state index is 0.256. The van der Waals surface area contributed by atoms with Gasteiger partial charge in [-0.15, -0.1) is 0 Å². The Kier molecular flexibility index (Phi) is 4.63. The van der Waals surface area contributed by atoms with Crippen LogP contribution in [0.15, 0.2) is 36.4 Å². The molecule has 1 N–H and O–H groups in total. The van der Waals surface area contributed by atoms with E-state index in [1.165, 1.54) is 18.4 Å². The maximum Gasteiger partial charge on any atom is 0.124 e. The minimum Gasteiger partial charge on any atom is -0.486 e. The highest BCUT2D eigenvalue weighted by Gasteiger charge is 2.11. The molecule has 0 amide bonds. The van der Waals surface area contributed by atoms with E-state index in [1.54, 1.807) is 0 Å². The molecule has 1 aromatic carbocycles. The summed E-state index contributed by atoms with van der Waals surface area (Å²) < 4.78 is 6.06. The van der Waals surface area contributed by atoms with Crippen molar-refractivity contribution in [3.63, 3.8) is 0 Å². The smallest absolute Gasteiger partial charge is 0.124 e. The molecule has 0 saturated heterocycles. The molecule has 1 aromatic rings. The lowest BCUT2D eigenvalue weighted by Gasteiger charge is -2.20. The van der Waals surface area contributed by atoms with Gasteiger partial charge < -0.3 is 10.1 Å². The van der Waals surface area contributed by atoms with Gasteiger partial charge in [-0.2, -0.15) is 0 Å². The van der Waals surface area contributed by atoms with E-state index in [0.29, 0.717) is 0 Å². The van der Waals surface area contributed by atoms with Crippen molar-refractivity contribution < 1.29 is 4.74 Å². The minimum absolute atomic E-state index is 0.256. The van der Waals surface area contributed by atoms with Gasteiger partial charge in [-0.1, -0.05) is 31.2 Å². The van der Waals surface area contributed by atoms with Crippen molar-refractivity contribution in [3.8, 4) is 5.75 Å². The predicted molar refractivity (Wildman–Crippen MR) is 71.2 cm³/mol. The van der Waals surface area contributed by atoms with E-state index < -0.39 is 0 Å². The van der Waals surface area contributed by atoms with Gasteiger partial charge in [-0.05, 0) is 37.9 Å². The van der Waals surface area contributed by atoms with Crippen molar-refractivity contribution in [2.24, 2.45) is 0 Å². The van der Waals surface area contributed by atoms with E-state index in [1.807, 2.05) is 6.07 Å². The third-order valence-electron chi connectivity index (χ3n) is 3.03. The molecule has 2 nitrogen and oxygen atoms in total. The number of hydrogen-bond acceptors (Lipinski definition) is 2. The molecule has 0 aromatic heterocycles. The van der Waals surface area contributed by atoms with Crippen LogP contribution in [-0.4, -0.2) is 12.6 Å². The zero-order valence-corrected chi connectivity index (χ0v) is 10.5. The summed E-state index contributed by atoms with van der Waals surface area (Å²) in [5.41, 5.74) is 1.24. The van der Waals surface area contributed by atoms with Crippen LogP contribution in [-0.2, 0) is 6.54 Å². The van der Waals surface area contributed by atoms with Gasteiger partial charge in [0.1, 0.15) is 11.9 Å². The van der Waals surface area contributed by atoms with Gasteiger partial charge in [0.05, 0.1) is 0 Å². The molecule has 1 unspecified atom stereocenters. The monoisotopic (exact) mass is 231 g/mol. The van der Waals surface area contributed by atoms with E-state index in [9.17, 15) is 0 Å². The summed E-state index contributed by atoms with van der Waals surface area (Å²) in [5, 5.41) is 3.34. The molecule has 92 valence electrons. The highest BCUT2D eigenvalue weighted by atomic mass is 16.5. The molecule has 0 aliphatic heterocycles. The van der Waals surface area contributed by atoms with E-state index in [4.69, 9.17) is 4.74 Å². The summed E-state index contributed by atoms with van der Waals surface area (Å²) in [7, 11) is 0. The van der Waals surface area contributed by atoms with Gasteiger partial charge in [-0.25, -0.2) is 0 Å². The van der Waals surface area contributed by atoms with Crippen LogP contribution in [0.1, 0.15) is 31.7 Å². The molecule has 17 heavy (non-hydrogen) atoms. The number of para-hydroxylation sites is 1. The van der Waals surface area contributed by atoms with Crippen molar-refractivity contribution in [1.29, 1.82) is 0 Å². The zero-order valence-electron chi connectivity index (χ0n) is 10.5. The van der Waals surface area contributed by atoms with Crippen LogP contribution in [0, 0.1) is 0 Å². The molecule has 1 atom stereocenters. The first-order chi connectivity index (χ1) is 8.40. The Balaban J connectivity index is 2.03. The number of nitrogens with one attached hydrogen (secondary N) is 1. The fourth-order valence-corrected chi connectivity index (χ4v) is 2.07. The van der Waals surface area contributed by atoms with Crippen molar-refractivity contribution in [1.82, 2.24) is 5.32 Å². The van der Waals surface area contributed by atoms with Crippen molar-refractivity contribution in [3.05, 3.63) is 42.0 Å². The fraction of sp³-hybridized carbons (Fsp3) is 0.467. The molecule has 1 aliphatic rings. The maximum absolute atomic E-state index is 6.06. The molecule has 1 aliphatic carbocycles. The lowest BCUT2D eigenvalue weighted by molar-refractivity contribution is 0.227. The number of rotatable bonds is 5. The number of ether oxygens (including phenoxy) is 1. The first-order valence-corrected chi connectivity index (χ1v) is 6.52. The van der Waals surface area contributed by atoms with Gasteiger partial charge in [0, 0.05) is 12.1 Å². The predicted octanol–water partition coefficient (Wildman–Crippen LogP) is 3.28. The van der Waals surface area contributed by atoms with Crippen molar-refractivity contribution in [2.45, 2.75) is 38.8 Å². The third-order valence-corrected chi connectivity index (χ3v) is 3.03. The second kappa shape index (κ2) is 6.45. The number of benzene rings is 1. The standard InChI is InChI=1S/C15H21NO/c1-2-16-12-13-8-6-7-11-15(13)17-14-9-4-3-5-10-14/h4,6-9,11,14,16H,2-3,5,10,12H2,1H3. The highest BCUT2D eigenvalue weighted by molar-refractivity contribution is 5.33. The molecule has 0 spiro atoms. The first kappa shape index (κ1) is 12.2. The zero-order chi connectivity index (χ0) is 11.9. The highest BCUT2D eigenvalue weighted by Crippen LogP contribution is 2.22. The van der Waals surface area contributed by atoms with Gasteiger partial charge in [-0.3, -0.25) is 0 Å². The SMILES string of the molecule is CCNCc1ccccc1OC1C=CCCC1. The largest absolute Gasteiger partial charge is 0.486 e. The Hall–Kier alpha value is -1.28. The first-order valence-electron chi connectivity index (χ1n) is 6.52. The van der Waals surface area contributed by atoms with Crippen LogP contribution in [0.3, 0.4) is 0 Å². The normalized spacial score (nSPS) is 19.2. The van der Waals surface area contributed by atoms with Gasteiger partial charge in [0.2, 0.25) is 0 Å². The quantitative estimate of drug-likeness (QED) is 0.785. The Bertz CT molecular complexity index is 373. The molecule has 2 heteroatoms. The summed E-state index contributed by atoms with van der Waals surface area (Å²) in [5.74, 6) is 1.02. The Morgan fingerprint density at radius 3 is 3.00 bits per heavy atom. The molecule has 0 saturated carbocycles. The Labute approximate surface area is 104 Å². The van der Waals surface area contributed by atoms with Crippen LogP contribution < -0.4 is 10.1 Å². The molecule has 0 heterocycles. The van der Waals surface area contributed by atoms with Crippen LogP contribution in [0.5, 0.6) is 5.75 Å². The van der Waals surface area contributed by atoms with Crippen LogP contribution >= 0.6 is 0 Å². The summed E-state index contributed by atoms with van der Waals surface area (Å²) in [6.45, 7) is 3.98. The summed E-state index contributed by atoms with van der Waals surface area (Å²) in [6.07, 6.45) is 8.22. The van der Waals surface area contributed by atoms with Crippen LogP contribution in [0.4, 0.5) is 0 Å². The average molecular weight is 231 g/mol. The summed E-state index contributed by atoms with van der Waals surface area (Å²) in [6, 6.07) is 8.30. The number of hydrogen-bond donors (Lipinski definition) is 1. The maximum atomic E-state index is 6.06. The van der Waals surface area contributed by atoms with Gasteiger partial charge >= 0.3 is 0 Å². The third kappa shape index (κ3) is 3.60. The lowest BCUT2D eigenvalue weighted by atomic mass is 10.1. The average Bonchev–Trinajstić information content (AvgIpc) is 2.39. The second-order valence-electron chi connectivity index (χ2n) is 4.40. The van der Waals surface area contributed by atoms with E-state index >= 15 is 0 Å². The molecule has 0 fully saturated rings. The molecular formula is C15H21NO. The fourth-order valence-electron chi connectivity index (χ4n) is 2.07. The molecule has 2 rings (SSSR count). The van der Waals surface area contributed by atoms with E-state index in [2.05, 4.69) is 42.6 Å². The van der Waals surface area contributed by atoms with Gasteiger partial charge in [0.15, 0.2) is 0 Å². The van der Waals surface area contributed by atoms with Crippen molar-refractivity contribution >= 4 is 0 Å². The summed E-state index contributed by atoms with van der Waals surface area (Å²) in [4.78, 5) is 0. The summed E-state index contributed by atoms with van der Waals surface area (Å²) >= 11 is 0. The topological polar surface area (TPSA) is 21.3 Å². The molecule has 0 bridgehead atoms. The lowest BCUT2D eigenvalue weighted by Crippen LogP contribution is -2.18.